The molecule has 0 atom stereocenters. The molecule has 0 spiro atoms. The Morgan fingerprint density at radius 1 is 1.12 bits per heavy atom. The summed E-state index contributed by atoms with van der Waals surface area (Å²) in [4.78, 5) is 15.5. The van der Waals surface area contributed by atoms with Crippen LogP contribution in [0.4, 0.5) is 21.9 Å². The van der Waals surface area contributed by atoms with Gasteiger partial charge in [-0.25, -0.2) is 4.79 Å². The smallest absolute Gasteiger partial charge is 0.323 e. The Kier molecular flexibility index (Phi) is 3.20. The number of nitrogens with zero attached hydrogens (tertiary/aromatic N) is 1. The Morgan fingerprint density at radius 3 is 2.59 bits per heavy atom. The van der Waals surface area contributed by atoms with Gasteiger partial charge in [-0.3, -0.25) is 4.98 Å². The number of amides is 2. The first kappa shape index (κ1) is 10.9. The number of carbonyl (C=O) groups excluding carboxylic acids is 1. The number of pyridine rings is 1. The molecule has 0 fully saturated rings. The molecule has 0 aliphatic carbocycles. The molecule has 86 valence electrons. The van der Waals surface area contributed by atoms with Crippen LogP contribution in [0.3, 0.4) is 0 Å². The van der Waals surface area contributed by atoms with Gasteiger partial charge in [-0.15, -0.1) is 0 Å². The highest BCUT2D eigenvalue weighted by molar-refractivity contribution is 5.99. The SMILES string of the molecule is Nc1cccc(NC(=O)Nc2cccnc2)c1. The van der Waals surface area contributed by atoms with Gasteiger partial charge in [-0.05, 0) is 30.3 Å². The number of hydrogen-bond acceptors (Lipinski definition) is 3. The van der Waals surface area contributed by atoms with E-state index in [9.17, 15) is 4.79 Å². The van der Waals surface area contributed by atoms with Crippen LogP contribution < -0.4 is 16.4 Å². The van der Waals surface area contributed by atoms with Gasteiger partial charge < -0.3 is 16.4 Å². The van der Waals surface area contributed by atoms with Gasteiger partial charge in [0.1, 0.15) is 0 Å². The van der Waals surface area contributed by atoms with E-state index < -0.39 is 0 Å². The van der Waals surface area contributed by atoms with Gasteiger partial charge in [-0.2, -0.15) is 0 Å². The van der Waals surface area contributed by atoms with Gasteiger partial charge in [0.2, 0.25) is 0 Å². The fourth-order valence-corrected chi connectivity index (χ4v) is 1.35. The van der Waals surface area contributed by atoms with Gasteiger partial charge in [-0.1, -0.05) is 6.07 Å². The molecule has 0 saturated carbocycles. The zero-order valence-electron chi connectivity index (χ0n) is 9.05. The predicted molar refractivity (Wildman–Crippen MR) is 67.7 cm³/mol. The summed E-state index contributed by atoms with van der Waals surface area (Å²) in [6.45, 7) is 0. The van der Waals surface area contributed by atoms with Crippen molar-refractivity contribution in [3.63, 3.8) is 0 Å². The van der Waals surface area contributed by atoms with Crippen molar-refractivity contribution in [3.05, 3.63) is 48.8 Å². The molecule has 2 aromatic rings. The van der Waals surface area contributed by atoms with Crippen LogP contribution in [0.1, 0.15) is 0 Å². The number of nitrogens with one attached hydrogen (secondary N) is 2. The standard InChI is InChI=1S/C12H12N4O/c13-9-3-1-4-10(7-9)15-12(17)16-11-5-2-6-14-8-11/h1-8H,13H2,(H2,15,16,17). The van der Waals surface area contributed by atoms with Crippen molar-refractivity contribution in [2.75, 3.05) is 16.4 Å². The number of carbonyl (C=O) groups is 1. The fourth-order valence-electron chi connectivity index (χ4n) is 1.35. The van der Waals surface area contributed by atoms with Crippen LogP contribution in [-0.4, -0.2) is 11.0 Å². The van der Waals surface area contributed by atoms with E-state index in [1.165, 1.54) is 0 Å². The topological polar surface area (TPSA) is 80.0 Å². The highest BCUT2D eigenvalue weighted by atomic mass is 16.2. The third kappa shape index (κ3) is 3.20. The van der Waals surface area contributed by atoms with E-state index in [4.69, 9.17) is 5.73 Å². The van der Waals surface area contributed by atoms with Crippen LogP contribution in [-0.2, 0) is 0 Å². The maximum Gasteiger partial charge on any atom is 0.323 e. The maximum absolute atomic E-state index is 11.6. The lowest BCUT2D eigenvalue weighted by atomic mass is 10.3. The van der Waals surface area contributed by atoms with Gasteiger partial charge in [0, 0.05) is 17.6 Å². The van der Waals surface area contributed by atoms with Crippen molar-refractivity contribution in [3.8, 4) is 0 Å². The van der Waals surface area contributed by atoms with Gasteiger partial charge in [0.25, 0.3) is 0 Å². The van der Waals surface area contributed by atoms with Crippen LogP contribution >= 0.6 is 0 Å². The summed E-state index contributed by atoms with van der Waals surface area (Å²) in [6, 6.07) is 10.1. The zero-order valence-corrected chi connectivity index (χ0v) is 9.05. The summed E-state index contributed by atoms with van der Waals surface area (Å²) in [7, 11) is 0. The molecule has 0 radical (unpaired) electrons. The summed E-state index contributed by atoms with van der Waals surface area (Å²) in [5.74, 6) is 0. The molecule has 0 aliphatic heterocycles. The Labute approximate surface area is 98.7 Å². The van der Waals surface area contributed by atoms with Gasteiger partial charge in [0.05, 0.1) is 11.9 Å². The minimum atomic E-state index is -0.330. The van der Waals surface area contributed by atoms with Gasteiger partial charge in [0.15, 0.2) is 0 Å². The Bertz CT molecular complexity index is 513. The number of urea groups is 1. The minimum Gasteiger partial charge on any atom is -0.399 e. The normalized spacial score (nSPS) is 9.65. The largest absolute Gasteiger partial charge is 0.399 e. The number of nitrogen functional groups attached to an aromatic ring is 1. The number of hydrogen-bond donors (Lipinski definition) is 3. The lowest BCUT2D eigenvalue weighted by Crippen LogP contribution is -2.19. The van der Waals surface area contributed by atoms with E-state index in [2.05, 4.69) is 15.6 Å². The summed E-state index contributed by atoms with van der Waals surface area (Å²) in [5.41, 5.74) is 7.48. The molecular weight excluding hydrogens is 216 g/mol. The average Bonchev–Trinajstić information content (AvgIpc) is 2.30. The molecule has 4 N–H and O–H groups in total. The molecule has 5 heteroatoms. The van der Waals surface area contributed by atoms with Crippen LogP contribution in [0, 0.1) is 0 Å². The molecule has 17 heavy (non-hydrogen) atoms. The lowest BCUT2D eigenvalue weighted by molar-refractivity contribution is 0.262. The van der Waals surface area contributed by atoms with E-state index in [0.717, 1.165) is 0 Å². The predicted octanol–water partition coefficient (Wildman–Crippen LogP) is 2.31. The highest BCUT2D eigenvalue weighted by Gasteiger charge is 2.02. The second-order valence-electron chi connectivity index (χ2n) is 3.45. The second kappa shape index (κ2) is 4.98. The van der Waals surface area contributed by atoms with Crippen molar-refractivity contribution in [1.29, 1.82) is 0 Å². The molecule has 2 amide bonds. The summed E-state index contributed by atoms with van der Waals surface area (Å²) >= 11 is 0. The molecule has 1 aromatic carbocycles. The molecule has 5 nitrogen and oxygen atoms in total. The molecule has 0 unspecified atom stereocenters. The molecule has 1 aromatic heterocycles. The van der Waals surface area contributed by atoms with E-state index >= 15 is 0 Å². The summed E-state index contributed by atoms with van der Waals surface area (Å²) in [6.07, 6.45) is 3.21. The third-order valence-corrected chi connectivity index (χ3v) is 2.06. The summed E-state index contributed by atoms with van der Waals surface area (Å²) in [5, 5.41) is 5.33. The summed E-state index contributed by atoms with van der Waals surface area (Å²) < 4.78 is 0. The monoisotopic (exact) mass is 228 g/mol. The number of benzene rings is 1. The first-order valence-electron chi connectivity index (χ1n) is 5.07. The molecule has 0 saturated heterocycles. The van der Waals surface area contributed by atoms with Crippen molar-refractivity contribution in [1.82, 2.24) is 4.98 Å². The molecule has 2 rings (SSSR count). The zero-order chi connectivity index (χ0) is 12.1. The first-order valence-corrected chi connectivity index (χ1v) is 5.07. The number of anilines is 3. The number of nitrogens with two attached hydrogens (primary N) is 1. The van der Waals surface area contributed by atoms with Crippen LogP contribution in [0.5, 0.6) is 0 Å². The third-order valence-electron chi connectivity index (χ3n) is 2.06. The van der Waals surface area contributed by atoms with Crippen LogP contribution in [0.25, 0.3) is 0 Å². The fraction of sp³-hybridized carbons (Fsp3) is 0. The minimum absolute atomic E-state index is 0.330. The molecular formula is C12H12N4O. The van der Waals surface area contributed by atoms with E-state index in [1.807, 2.05) is 0 Å². The van der Waals surface area contributed by atoms with Crippen molar-refractivity contribution in [2.45, 2.75) is 0 Å². The number of rotatable bonds is 2. The van der Waals surface area contributed by atoms with Crippen molar-refractivity contribution < 1.29 is 4.79 Å². The maximum atomic E-state index is 11.6. The van der Waals surface area contributed by atoms with E-state index in [1.54, 1.807) is 48.8 Å². The van der Waals surface area contributed by atoms with E-state index in [0.29, 0.717) is 17.1 Å². The lowest BCUT2D eigenvalue weighted by Gasteiger charge is -2.07. The Morgan fingerprint density at radius 2 is 1.88 bits per heavy atom. The highest BCUT2D eigenvalue weighted by Crippen LogP contribution is 2.12. The average molecular weight is 228 g/mol. The Balaban J connectivity index is 1.98. The second-order valence-corrected chi connectivity index (χ2v) is 3.45. The number of aromatic nitrogens is 1. The van der Waals surface area contributed by atoms with Gasteiger partial charge >= 0.3 is 6.03 Å². The Hall–Kier alpha value is -2.56. The van der Waals surface area contributed by atoms with Crippen molar-refractivity contribution >= 4 is 23.1 Å². The first-order chi connectivity index (χ1) is 8.24. The van der Waals surface area contributed by atoms with Crippen LogP contribution in [0.2, 0.25) is 0 Å². The molecule has 0 bridgehead atoms. The quantitative estimate of drug-likeness (QED) is 0.690. The molecule has 0 aliphatic rings. The molecule has 1 heterocycles. The van der Waals surface area contributed by atoms with Crippen LogP contribution in [0.15, 0.2) is 48.8 Å². The van der Waals surface area contributed by atoms with E-state index in [-0.39, 0.29) is 6.03 Å². The van der Waals surface area contributed by atoms with Crippen molar-refractivity contribution in [2.24, 2.45) is 0 Å².